The predicted molar refractivity (Wildman–Crippen MR) is 87.3 cm³/mol. The van der Waals surface area contributed by atoms with Gasteiger partial charge in [0.1, 0.15) is 5.69 Å². The maximum absolute atomic E-state index is 12.9. The Morgan fingerprint density at radius 3 is 2.58 bits per heavy atom. The number of anilines is 1. The number of ether oxygens (including phenoxy) is 1. The first kappa shape index (κ1) is 15.3. The third kappa shape index (κ3) is 2.24. The number of benzene rings is 1. The summed E-state index contributed by atoms with van der Waals surface area (Å²) in [5.74, 6) is 0. The van der Waals surface area contributed by atoms with Gasteiger partial charge in [-0.1, -0.05) is 6.42 Å². The molecule has 4 rings (SSSR count). The Labute approximate surface area is 138 Å². The Morgan fingerprint density at radius 2 is 1.92 bits per heavy atom. The molecule has 8 nitrogen and oxygen atoms in total. The molecule has 0 unspecified atom stereocenters. The minimum atomic E-state index is -0.767. The second kappa shape index (κ2) is 5.70. The molecule has 2 fully saturated rings. The maximum Gasteiger partial charge on any atom is 0.295 e. The smallest absolute Gasteiger partial charge is 0.295 e. The Kier molecular flexibility index (Phi) is 3.64. The summed E-state index contributed by atoms with van der Waals surface area (Å²) < 4.78 is 6.35. The number of hydrogen-bond acceptors (Lipinski definition) is 6. The zero-order valence-electron chi connectivity index (χ0n) is 13.4. The Morgan fingerprint density at radius 1 is 1.21 bits per heavy atom. The zero-order chi connectivity index (χ0) is 16.7. The van der Waals surface area contributed by atoms with Gasteiger partial charge in [0.25, 0.3) is 11.4 Å². The van der Waals surface area contributed by atoms with Crippen LogP contribution in [0.1, 0.15) is 32.1 Å². The summed E-state index contributed by atoms with van der Waals surface area (Å²) in [6, 6.07) is 2.99. The summed E-state index contributed by atoms with van der Waals surface area (Å²) in [6.45, 7) is 2.18. The van der Waals surface area contributed by atoms with E-state index in [1.807, 2.05) is 4.90 Å². The van der Waals surface area contributed by atoms with Crippen LogP contribution >= 0.6 is 0 Å². The topological polar surface area (TPSA) is 94.0 Å². The van der Waals surface area contributed by atoms with Crippen LogP contribution in [0, 0.1) is 15.3 Å². The van der Waals surface area contributed by atoms with Crippen LogP contribution in [-0.4, -0.2) is 36.9 Å². The van der Waals surface area contributed by atoms with Crippen LogP contribution in [0.15, 0.2) is 17.1 Å². The van der Waals surface area contributed by atoms with Crippen molar-refractivity contribution in [3.05, 3.63) is 38.2 Å². The highest BCUT2D eigenvalue weighted by atomic mass is 16.6. The lowest BCUT2D eigenvalue weighted by Crippen LogP contribution is -2.45. The van der Waals surface area contributed by atoms with E-state index < -0.39 is 5.66 Å². The first-order valence-electron chi connectivity index (χ1n) is 8.47. The van der Waals surface area contributed by atoms with Gasteiger partial charge in [-0.15, -0.1) is 0 Å². The van der Waals surface area contributed by atoms with Gasteiger partial charge in [-0.25, -0.2) is 4.99 Å². The van der Waals surface area contributed by atoms with Crippen molar-refractivity contribution in [2.45, 2.75) is 37.8 Å². The molecule has 24 heavy (non-hydrogen) atoms. The van der Waals surface area contributed by atoms with E-state index in [4.69, 9.17) is 9.73 Å². The zero-order valence-corrected chi connectivity index (χ0v) is 13.4. The van der Waals surface area contributed by atoms with Crippen LogP contribution in [-0.2, 0) is 4.74 Å². The fourth-order valence-corrected chi connectivity index (χ4v) is 3.99. The van der Waals surface area contributed by atoms with E-state index >= 15 is 0 Å². The van der Waals surface area contributed by atoms with Crippen LogP contribution in [0.25, 0.3) is 0 Å². The quantitative estimate of drug-likeness (QED) is 0.344. The molecule has 0 amide bonds. The molecule has 1 saturated carbocycles. The summed E-state index contributed by atoms with van der Waals surface area (Å²) in [5, 5.41) is 25.4. The number of nitro groups is 1. The third-order valence-corrected chi connectivity index (χ3v) is 5.20. The van der Waals surface area contributed by atoms with Crippen molar-refractivity contribution < 1.29 is 9.66 Å². The van der Waals surface area contributed by atoms with Crippen molar-refractivity contribution in [1.29, 1.82) is 0 Å². The van der Waals surface area contributed by atoms with Crippen molar-refractivity contribution >= 4 is 11.4 Å². The van der Waals surface area contributed by atoms with E-state index in [2.05, 4.69) is 0 Å². The van der Waals surface area contributed by atoms with Gasteiger partial charge in [0.05, 0.1) is 18.1 Å². The molecule has 3 aliphatic rings. The van der Waals surface area contributed by atoms with Crippen LogP contribution in [0.5, 0.6) is 0 Å². The van der Waals surface area contributed by atoms with Gasteiger partial charge in [-0.05, 0) is 12.8 Å². The summed E-state index contributed by atoms with van der Waals surface area (Å²) in [5.41, 5.74) is -0.277. The first-order chi connectivity index (χ1) is 11.6. The van der Waals surface area contributed by atoms with Crippen LogP contribution in [0.4, 0.5) is 11.4 Å². The summed E-state index contributed by atoms with van der Waals surface area (Å²) >= 11 is 0. The van der Waals surface area contributed by atoms with Crippen molar-refractivity contribution in [1.82, 2.24) is 4.74 Å². The average molecular weight is 332 g/mol. The van der Waals surface area contributed by atoms with Crippen molar-refractivity contribution in [2.75, 3.05) is 31.2 Å². The molecule has 1 saturated heterocycles. The highest BCUT2D eigenvalue weighted by molar-refractivity contribution is 5.63. The molecule has 1 aromatic rings. The highest BCUT2D eigenvalue weighted by Gasteiger charge is 2.44. The molecule has 0 aromatic heterocycles. The molecule has 0 radical (unpaired) electrons. The normalized spacial score (nSPS) is 22.3. The third-order valence-electron chi connectivity index (χ3n) is 5.20. The van der Waals surface area contributed by atoms with Crippen LogP contribution in [0.3, 0.4) is 0 Å². The molecule has 2 aliphatic heterocycles. The second-order valence-electron chi connectivity index (χ2n) is 6.61. The standard InChI is InChI=1S/C16H20N4O4/c21-19-12-4-5-13(20(22)23)15(18-8-10-24-11-9-18)14(12)17-16(19)6-2-1-3-7-16/h4-5H,1-3,6-11H2. The number of nitrogens with zero attached hydrogens (tertiary/aromatic N) is 4. The molecule has 1 spiro atoms. The van der Waals surface area contributed by atoms with Gasteiger partial charge in [-0.3, -0.25) is 10.1 Å². The Bertz CT molecular complexity index is 795. The Hall–Kier alpha value is -2.22. The van der Waals surface area contributed by atoms with E-state index in [0.29, 0.717) is 55.5 Å². The molecule has 1 aromatic carbocycles. The van der Waals surface area contributed by atoms with E-state index in [-0.39, 0.29) is 10.6 Å². The van der Waals surface area contributed by atoms with E-state index in [1.54, 1.807) is 6.07 Å². The minimum absolute atomic E-state index is 0.0145. The van der Waals surface area contributed by atoms with Crippen molar-refractivity contribution in [3.63, 3.8) is 0 Å². The molecular formula is C16H20N4O4. The molecule has 2 heterocycles. The van der Waals surface area contributed by atoms with Crippen LogP contribution in [0.2, 0.25) is 0 Å². The van der Waals surface area contributed by atoms with E-state index in [0.717, 1.165) is 24.0 Å². The monoisotopic (exact) mass is 332 g/mol. The number of hydroxylamine groups is 1. The number of morpholine rings is 1. The van der Waals surface area contributed by atoms with Crippen molar-refractivity contribution in [2.24, 2.45) is 4.99 Å². The lowest BCUT2D eigenvalue weighted by molar-refractivity contribution is -0.384. The highest BCUT2D eigenvalue weighted by Crippen LogP contribution is 2.33. The molecule has 8 heteroatoms. The number of fused-ring (bicyclic) bond motifs is 1. The number of rotatable bonds is 2. The first-order valence-corrected chi connectivity index (χ1v) is 8.47. The van der Waals surface area contributed by atoms with Crippen molar-refractivity contribution in [3.8, 4) is 0 Å². The molecule has 0 bridgehead atoms. The maximum atomic E-state index is 12.9. The van der Waals surface area contributed by atoms with Gasteiger partial charge in [0.2, 0.25) is 5.36 Å². The lowest BCUT2D eigenvalue weighted by Gasteiger charge is -2.29. The fourth-order valence-electron chi connectivity index (χ4n) is 3.99. The van der Waals surface area contributed by atoms with Gasteiger partial charge in [0, 0.05) is 38.1 Å². The van der Waals surface area contributed by atoms with Crippen LogP contribution < -0.4 is 20.4 Å². The summed E-state index contributed by atoms with van der Waals surface area (Å²) in [7, 11) is 0. The van der Waals surface area contributed by atoms with Gasteiger partial charge < -0.3 is 14.8 Å². The average Bonchev–Trinajstić information content (AvgIpc) is 2.87. The Balaban J connectivity index is 1.94. The minimum Gasteiger partial charge on any atom is -0.622 e. The van der Waals surface area contributed by atoms with Gasteiger partial charge in [0.15, 0.2) is 5.36 Å². The number of hydrogen-bond donors (Lipinski definition) is 0. The predicted octanol–water partition coefficient (Wildman–Crippen LogP) is 0.714. The SMILES string of the molecule is O=[N+]([O-])c1ccc2c(c1N1CCOCC1)=NC1(CCCCC1)[N+]=2[O-]. The second-order valence-corrected chi connectivity index (χ2v) is 6.61. The van der Waals surface area contributed by atoms with E-state index in [9.17, 15) is 15.3 Å². The molecule has 128 valence electrons. The largest absolute Gasteiger partial charge is 0.622 e. The fraction of sp³-hybridized carbons (Fsp3) is 0.625. The molecule has 1 aliphatic carbocycles. The number of nitro benzene ring substituents is 1. The summed E-state index contributed by atoms with van der Waals surface area (Å²) in [4.78, 5) is 17.8. The van der Waals surface area contributed by atoms with E-state index in [1.165, 1.54) is 6.07 Å². The lowest BCUT2D eigenvalue weighted by atomic mass is 9.90. The molecule has 0 atom stereocenters. The van der Waals surface area contributed by atoms with Gasteiger partial charge in [-0.2, -0.15) is 4.74 Å². The molecule has 0 N–H and O–H groups in total. The molecular weight excluding hydrogens is 312 g/mol. The van der Waals surface area contributed by atoms with Gasteiger partial charge >= 0.3 is 0 Å². The summed E-state index contributed by atoms with van der Waals surface area (Å²) in [6.07, 6.45) is 4.46.